The Morgan fingerprint density at radius 3 is 1.64 bits per heavy atom. The van der Waals surface area contributed by atoms with Gasteiger partial charge in [0.05, 0.1) is 5.90 Å². The molecule has 11 heavy (non-hydrogen) atoms. The Morgan fingerprint density at radius 2 is 1.55 bits per heavy atom. The molecule has 2 N–H and O–H groups in total. The minimum absolute atomic E-state index is 0. The summed E-state index contributed by atoms with van der Waals surface area (Å²) >= 11 is 0. The summed E-state index contributed by atoms with van der Waals surface area (Å²) in [5, 5.41) is 0. The first-order valence-corrected chi connectivity index (χ1v) is 5.01. The normalized spacial score (nSPS) is 9.27. The van der Waals surface area contributed by atoms with Crippen LogP contribution in [-0.2, 0) is 62.8 Å². The Hall–Kier alpha value is 2.49. The van der Waals surface area contributed by atoms with Crippen molar-refractivity contribution in [3.8, 4) is 0 Å². The van der Waals surface area contributed by atoms with Crippen LogP contribution in [0.1, 0.15) is 0 Å². The molecule has 0 aromatic heterocycles. The van der Waals surface area contributed by atoms with Crippen LogP contribution in [0.5, 0.6) is 0 Å². The zero-order chi connectivity index (χ0) is 7.28. The molecule has 0 heterocycles. The fourth-order valence-electron chi connectivity index (χ4n) is 0.293. The fraction of sp³-hybridized carbons (Fsp3) is 1.00. The van der Waals surface area contributed by atoms with Crippen molar-refractivity contribution < 1.29 is 72.6 Å². The molecule has 0 aromatic rings. The fourth-order valence-corrected chi connectivity index (χ4v) is 2.19. The van der Waals surface area contributed by atoms with Crippen LogP contribution in [0.4, 0.5) is 0 Å². The minimum atomic E-state index is -1.87. The second-order valence-corrected chi connectivity index (χ2v) is 4.48. The molecule has 65 valence electrons. The molecule has 0 fully saturated rings. The number of rotatable bonds is 4. The number of hydrogen-bond donors (Lipinski definition) is 2. The van der Waals surface area contributed by atoms with E-state index < -0.39 is 16.8 Å². The van der Waals surface area contributed by atoms with E-state index in [1.54, 1.807) is 0 Å². The predicted molar refractivity (Wildman–Crippen MR) is 37.2 cm³/mol. The zero-order valence-electron chi connectivity index (χ0n) is 6.30. The summed E-state index contributed by atoms with van der Waals surface area (Å²) in [7, 11) is 0.0208. The third-order valence-corrected chi connectivity index (χ3v) is 3.40. The van der Waals surface area contributed by atoms with Crippen LogP contribution in [0.25, 0.3) is 0 Å². The molecule has 4 nitrogen and oxygen atoms in total. The van der Waals surface area contributed by atoms with Crippen molar-refractivity contribution in [1.82, 2.24) is 0 Å². The molecule has 0 amide bonds. The molecule has 0 unspecified atom stereocenters. The molecular formula is C3H10O4P2WY. The van der Waals surface area contributed by atoms with Gasteiger partial charge in [0.1, 0.15) is 0 Å². The van der Waals surface area contributed by atoms with Crippen molar-refractivity contribution >= 4 is 16.8 Å². The third kappa shape index (κ3) is 12.5. The molecule has 0 aliphatic heterocycles. The summed E-state index contributed by atoms with van der Waals surface area (Å²) in [6, 6.07) is 0. The van der Waals surface area contributed by atoms with Gasteiger partial charge in [0.25, 0.3) is 0 Å². The van der Waals surface area contributed by atoms with Gasteiger partial charge in [0, 0.05) is 68.0 Å². The van der Waals surface area contributed by atoms with E-state index in [-0.39, 0.29) is 59.7 Å². The zero-order valence-corrected chi connectivity index (χ0v) is 13.9. The first-order valence-electron chi connectivity index (χ1n) is 2.21. The van der Waals surface area contributed by atoms with E-state index in [2.05, 4.69) is 0 Å². The average molecular weight is 445 g/mol. The monoisotopic (exact) mass is 445 g/mol. The maximum absolute atomic E-state index is 8.46. The molecule has 0 aromatic carbocycles. The van der Waals surface area contributed by atoms with Crippen LogP contribution >= 0.6 is 16.8 Å². The summed E-state index contributed by atoms with van der Waals surface area (Å²) in [5.41, 5.74) is 0. The van der Waals surface area contributed by atoms with Gasteiger partial charge in [-0.3, -0.25) is 0 Å². The smallest absolute Gasteiger partial charge is 0.179 e. The van der Waals surface area contributed by atoms with Crippen LogP contribution in [0.3, 0.4) is 0 Å². The predicted octanol–water partition coefficient (Wildman–Crippen LogP) is 0.840. The molecular weight excluding hydrogens is 435 g/mol. The molecule has 8 heteroatoms. The topological polar surface area (TPSA) is 58.9 Å². The van der Waals surface area contributed by atoms with Gasteiger partial charge in [-0.25, -0.2) is 0 Å². The van der Waals surface area contributed by atoms with Crippen molar-refractivity contribution in [2.45, 2.75) is 0 Å². The van der Waals surface area contributed by atoms with Crippen molar-refractivity contribution in [3.05, 3.63) is 0 Å². The van der Waals surface area contributed by atoms with Crippen molar-refractivity contribution in [1.29, 1.82) is 0 Å². The Bertz CT molecular complexity index is 74.4. The average Bonchev–Trinajstić information content (AvgIpc) is 1.82. The molecule has 0 aliphatic carbocycles. The van der Waals surface area contributed by atoms with E-state index in [0.717, 1.165) is 0 Å². The number of hydrogen-bond acceptors (Lipinski definition) is 4. The summed E-state index contributed by atoms with van der Waals surface area (Å²) < 4.78 is 9.50. The van der Waals surface area contributed by atoms with Crippen LogP contribution in [0.2, 0.25) is 0 Å². The summed E-state index contributed by atoms with van der Waals surface area (Å²) in [4.78, 5) is 16.9. The Morgan fingerprint density at radius 1 is 1.18 bits per heavy atom. The maximum Gasteiger partial charge on any atom is 0.179 e. The van der Waals surface area contributed by atoms with Crippen molar-refractivity contribution in [2.24, 2.45) is 0 Å². The van der Waals surface area contributed by atoms with E-state index in [9.17, 15) is 0 Å². The largest absolute Gasteiger partial charge is 0.350 e. The van der Waals surface area contributed by atoms with E-state index in [1.807, 2.05) is 0 Å². The van der Waals surface area contributed by atoms with Crippen LogP contribution in [-0.4, -0.2) is 29.9 Å². The summed E-state index contributed by atoms with van der Waals surface area (Å²) in [6.07, 6.45) is 0. The standard InChI is InChI=1S/C3H10O4P2.W.Y/c1-6-9(7-2)3-8(4)5;;/h4-5H,3H2,1-2H3;;. The molecule has 0 rings (SSSR count). The van der Waals surface area contributed by atoms with Gasteiger partial charge in [-0.15, -0.1) is 0 Å². The van der Waals surface area contributed by atoms with Gasteiger partial charge in [0.2, 0.25) is 0 Å². The Kier molecular flexibility index (Phi) is 21.7. The summed E-state index contributed by atoms with van der Waals surface area (Å²) in [6.45, 7) is 0. The Labute approximate surface area is 108 Å². The van der Waals surface area contributed by atoms with Gasteiger partial charge < -0.3 is 18.8 Å². The van der Waals surface area contributed by atoms with Crippen LogP contribution in [0, 0.1) is 0 Å². The van der Waals surface area contributed by atoms with Crippen LogP contribution in [0.15, 0.2) is 0 Å². The minimum Gasteiger partial charge on any atom is -0.350 e. The summed E-state index contributed by atoms with van der Waals surface area (Å²) in [5.74, 6) is 0.206. The molecule has 0 spiro atoms. The maximum atomic E-state index is 8.46. The van der Waals surface area contributed by atoms with Gasteiger partial charge >= 0.3 is 0 Å². The second kappa shape index (κ2) is 12.5. The molecule has 0 atom stereocenters. The SMILES string of the molecule is COP(CP(O)O)OC.[W].[Y]. The van der Waals surface area contributed by atoms with Gasteiger partial charge in [-0.05, 0) is 0 Å². The van der Waals surface area contributed by atoms with E-state index in [0.29, 0.717) is 0 Å². The van der Waals surface area contributed by atoms with Gasteiger partial charge in [0.15, 0.2) is 16.8 Å². The first-order chi connectivity index (χ1) is 4.20. The molecule has 0 saturated carbocycles. The second-order valence-electron chi connectivity index (χ2n) is 1.21. The van der Waals surface area contributed by atoms with Crippen molar-refractivity contribution in [2.75, 3.05) is 20.1 Å². The molecule has 0 saturated heterocycles. The molecule has 1 radical (unpaired) electrons. The van der Waals surface area contributed by atoms with Gasteiger partial charge in [-0.2, -0.15) is 0 Å². The van der Waals surface area contributed by atoms with Crippen LogP contribution < -0.4 is 0 Å². The quantitative estimate of drug-likeness (QED) is 0.631. The van der Waals surface area contributed by atoms with E-state index >= 15 is 0 Å². The molecule has 0 aliphatic rings. The first kappa shape index (κ1) is 19.1. The van der Waals surface area contributed by atoms with E-state index in [4.69, 9.17) is 18.8 Å². The third-order valence-electron chi connectivity index (χ3n) is 0.649. The Balaban J connectivity index is -0.000000320. The molecule has 0 bridgehead atoms. The van der Waals surface area contributed by atoms with Gasteiger partial charge in [-0.1, -0.05) is 0 Å². The van der Waals surface area contributed by atoms with E-state index in [1.165, 1.54) is 14.2 Å². The van der Waals surface area contributed by atoms with Crippen molar-refractivity contribution in [3.63, 3.8) is 0 Å².